The van der Waals surface area contributed by atoms with Crippen LogP contribution < -0.4 is 0 Å². The Bertz CT molecular complexity index is 8530. The Hall–Kier alpha value is -18.3. The molecule has 13 nitrogen and oxygen atoms in total. The van der Waals surface area contributed by atoms with E-state index in [4.69, 9.17) is 58.6 Å². The summed E-state index contributed by atoms with van der Waals surface area (Å²) in [6.45, 7) is 0. The van der Waals surface area contributed by atoms with Gasteiger partial charge in [0.05, 0.1) is 36.0 Å². The first-order valence-corrected chi connectivity index (χ1v) is 44.0. The highest BCUT2D eigenvalue weighted by atomic mass is 19.1. The maximum absolute atomic E-state index is 15.8. The fourth-order valence-electron chi connectivity index (χ4n) is 16.9. The van der Waals surface area contributed by atoms with E-state index in [1.807, 2.05) is 212 Å². The zero-order valence-electron chi connectivity index (χ0n) is 82.2. The smallest absolute Gasteiger partial charge is 0.167 e. The molecular weight excluding hydrogens is 1650 g/mol. The molecule has 5 heterocycles. The molecule has 636 valence electrons. The van der Waals surface area contributed by atoms with Crippen molar-refractivity contribution in [3.05, 3.63) is 490 Å². The molecule has 0 N–H and O–H groups in total. The summed E-state index contributed by atoms with van der Waals surface area (Å²) < 4.78 is 103. The molecule has 23 aromatic rings. The van der Waals surface area contributed by atoms with Crippen molar-refractivity contribution >= 4 is 21.8 Å². The average molecular weight is 1750 g/mol. The molecule has 24 rings (SSSR count). The molecule has 1 aliphatic carbocycles. The Morgan fingerprint density at radius 3 is 0.733 bits per heavy atom. The Kier molecular flexibility index (Phi) is 19.9. The summed E-state index contributed by atoms with van der Waals surface area (Å²) in [6, 6.07) is 131. The second-order valence-corrected chi connectivity index (χ2v) is 32.0. The molecule has 0 saturated carbocycles. The van der Waals surface area contributed by atoms with Gasteiger partial charge in [0, 0.05) is 72.0 Å². The highest BCUT2D eigenvalue weighted by Gasteiger charge is 2.26. The first-order chi connectivity index (χ1) is 70.9. The Labute approximate surface area is 794 Å². The summed E-state index contributed by atoms with van der Waals surface area (Å²) in [5.41, 5.74) is 23.1. The third-order valence-corrected chi connectivity index (χ3v) is 23.5. The van der Waals surface area contributed by atoms with Gasteiger partial charge in [0.25, 0.3) is 0 Å². The molecule has 0 saturated heterocycles. The lowest BCUT2D eigenvalue weighted by molar-refractivity contribution is 0.630. The number of nitrogens with zero attached hydrogens (tertiary/aromatic N) is 13. The third kappa shape index (κ3) is 17.6. The van der Waals surface area contributed by atoms with Gasteiger partial charge in [-0.3, -0.25) is 0 Å². The van der Waals surface area contributed by atoms with Crippen LogP contribution in [0.15, 0.2) is 473 Å². The molecule has 5 aromatic heterocycles. The number of hydrogen-bond donors (Lipinski definition) is 0. The monoisotopic (exact) mass is 1740 g/mol. The van der Waals surface area contributed by atoms with E-state index in [1.165, 1.54) is 56.6 Å². The minimum Gasteiger partial charge on any atom is -0.308 e. The SMILES string of the molecule is [2H]c1c([2H])c([2H])c(-c2nc(-c3ccccc3)nc(-c3cc(-c4nc(-c5ccccc5)nc(-c5ccccc5)n4)ccc3-n3c4cc(-c5ccccc5)ccc4c4ccc(-c5ccccc5)cc43)n2)c([2H])c1[2H].[2H]c1c([2H])c([2H])c(-c2nc(-c3ccccc3)nc(-c3cc(-c4nc(-c5ccccc5)nc(-c5ccccc5)n4)ccc3F)n2)c([2H])c1[2H].c1ccc(-c2ccc3c(c2)Cc2cc(-c4ccccc4)ccc2-3)cc1. The standard InChI is InChI=1S/C60H39N7.C36H23FN6.C25H18/c1-7-19-40(20-8-1)46-31-34-49-50-35-32-47(41-21-9-2-10-22-41)39-54(50)67(53(49)38-46)52-36-33-48(59-63-55(42-23-11-3-12-24-42)61-56(64-59)43-25-13-4-14-26-43)37-51(52)60-65-57(44-27-15-5-16-28-44)62-58(66-60)45-29-17-6-18-30-45;37-30-22-21-28(35-40-31(24-13-5-1-6-14-24)38-32(41-35)25-15-7-2-8-16-25)23-29(30)36-42-33(26-17-9-3-10-18-26)39-34(43-36)27-19-11-4-12-20-27;1-3-7-18(8-4-1)20-11-13-24-22(15-20)17-23-16-21(12-14-25(23)24)19-9-5-2-6-10-19/h1-39H;1-23H;1-16H,17H2/i5D,15D,16D,27D,28D;3D,9D,10D,17D,18D;. The molecule has 0 unspecified atom stereocenters. The summed E-state index contributed by atoms with van der Waals surface area (Å²) in [4.78, 5) is 58.1. The topological polar surface area (TPSA) is 160 Å². The van der Waals surface area contributed by atoms with Crippen LogP contribution in [0.3, 0.4) is 0 Å². The van der Waals surface area contributed by atoms with Crippen LogP contribution in [0.1, 0.15) is 24.8 Å². The molecule has 18 aromatic carbocycles. The normalized spacial score (nSPS) is 12.3. The van der Waals surface area contributed by atoms with Crippen molar-refractivity contribution in [2.75, 3.05) is 0 Å². The fraction of sp³-hybridized carbons (Fsp3) is 0.00826. The lowest BCUT2D eigenvalue weighted by Gasteiger charge is -2.17. The molecular formula is C121H80FN13. The molecule has 0 fully saturated rings. The van der Waals surface area contributed by atoms with Crippen molar-refractivity contribution in [2.24, 2.45) is 0 Å². The quantitative estimate of drug-likeness (QED) is 0.0850. The molecule has 0 radical (unpaired) electrons. The zero-order valence-corrected chi connectivity index (χ0v) is 72.2. The lowest BCUT2D eigenvalue weighted by Crippen LogP contribution is -2.05. The van der Waals surface area contributed by atoms with Gasteiger partial charge in [-0.2, -0.15) is 0 Å². The molecule has 14 heteroatoms. The molecule has 0 spiro atoms. The number of halogens is 1. The van der Waals surface area contributed by atoms with Gasteiger partial charge in [-0.15, -0.1) is 0 Å². The van der Waals surface area contributed by atoms with Gasteiger partial charge in [-0.05, 0) is 122 Å². The van der Waals surface area contributed by atoms with Crippen molar-refractivity contribution in [1.29, 1.82) is 0 Å². The third-order valence-electron chi connectivity index (χ3n) is 23.5. The van der Waals surface area contributed by atoms with Crippen molar-refractivity contribution in [1.82, 2.24) is 64.4 Å². The summed E-state index contributed by atoms with van der Waals surface area (Å²) in [5.74, 6) is 2.06. The van der Waals surface area contributed by atoms with E-state index in [-0.39, 0.29) is 57.5 Å². The van der Waals surface area contributed by atoms with Gasteiger partial charge < -0.3 is 4.57 Å². The van der Waals surface area contributed by atoms with Gasteiger partial charge in [0.1, 0.15) is 5.82 Å². The Balaban J connectivity index is 0.000000140. The maximum atomic E-state index is 15.8. The first-order valence-electron chi connectivity index (χ1n) is 49.0. The van der Waals surface area contributed by atoms with Crippen LogP contribution >= 0.6 is 0 Å². The average Bonchev–Trinajstić information content (AvgIpc) is 1.59. The van der Waals surface area contributed by atoms with E-state index in [1.54, 1.807) is 30.3 Å². The first kappa shape index (κ1) is 71.6. The van der Waals surface area contributed by atoms with E-state index in [0.29, 0.717) is 62.6 Å². The molecule has 0 bridgehead atoms. The van der Waals surface area contributed by atoms with Gasteiger partial charge in [-0.1, -0.05) is 424 Å². The number of hydrogen-bond acceptors (Lipinski definition) is 12. The van der Waals surface area contributed by atoms with Gasteiger partial charge in [0.2, 0.25) is 0 Å². The Morgan fingerprint density at radius 2 is 0.422 bits per heavy atom. The zero-order chi connectivity index (χ0) is 98.9. The molecule has 135 heavy (non-hydrogen) atoms. The maximum Gasteiger partial charge on any atom is 0.167 e. The lowest BCUT2D eigenvalue weighted by atomic mass is 9.98. The van der Waals surface area contributed by atoms with E-state index in [0.717, 1.165) is 72.7 Å². The van der Waals surface area contributed by atoms with Gasteiger partial charge in [0.15, 0.2) is 69.9 Å². The van der Waals surface area contributed by atoms with Crippen molar-refractivity contribution in [3.8, 4) is 198 Å². The number of rotatable bonds is 17. The van der Waals surface area contributed by atoms with Crippen molar-refractivity contribution in [3.63, 3.8) is 0 Å². The van der Waals surface area contributed by atoms with E-state index >= 15 is 4.39 Å². The molecule has 0 aliphatic heterocycles. The van der Waals surface area contributed by atoms with Crippen molar-refractivity contribution in [2.45, 2.75) is 6.42 Å². The van der Waals surface area contributed by atoms with E-state index in [9.17, 15) is 0 Å². The van der Waals surface area contributed by atoms with Gasteiger partial charge >= 0.3 is 0 Å². The minimum absolute atomic E-state index is 0.0244. The minimum atomic E-state index is -0.656. The number of fused-ring (bicyclic) bond motifs is 6. The summed E-state index contributed by atoms with van der Waals surface area (Å²) in [6.07, 6.45) is 1.02. The van der Waals surface area contributed by atoms with Crippen LogP contribution in [-0.2, 0) is 6.42 Å². The van der Waals surface area contributed by atoms with Crippen LogP contribution in [0.5, 0.6) is 0 Å². The van der Waals surface area contributed by atoms with E-state index < -0.39 is 66.2 Å². The Morgan fingerprint density at radius 1 is 0.185 bits per heavy atom. The van der Waals surface area contributed by atoms with Crippen LogP contribution in [0.25, 0.3) is 220 Å². The summed E-state index contributed by atoms with van der Waals surface area (Å²) >= 11 is 0. The fourth-order valence-corrected chi connectivity index (χ4v) is 16.9. The number of aromatic nitrogens is 13. The highest BCUT2D eigenvalue weighted by molar-refractivity contribution is 6.12. The van der Waals surface area contributed by atoms with Crippen LogP contribution in [0.4, 0.5) is 4.39 Å². The summed E-state index contributed by atoms with van der Waals surface area (Å²) in [7, 11) is 0. The summed E-state index contributed by atoms with van der Waals surface area (Å²) in [5, 5.41) is 2.05. The van der Waals surface area contributed by atoms with Gasteiger partial charge in [-0.25, -0.2) is 64.2 Å². The molecule has 1 aliphatic rings. The largest absolute Gasteiger partial charge is 0.308 e. The second kappa shape index (κ2) is 37.4. The second-order valence-electron chi connectivity index (χ2n) is 32.0. The van der Waals surface area contributed by atoms with Crippen LogP contribution in [0, 0.1) is 5.82 Å². The van der Waals surface area contributed by atoms with E-state index in [2.05, 4.69) is 177 Å². The van der Waals surface area contributed by atoms with Crippen molar-refractivity contribution < 1.29 is 18.1 Å². The van der Waals surface area contributed by atoms with Crippen LogP contribution in [0.2, 0.25) is 0 Å². The van der Waals surface area contributed by atoms with Crippen LogP contribution in [-0.4, -0.2) is 64.4 Å². The number of benzene rings is 18. The predicted molar refractivity (Wildman–Crippen MR) is 542 cm³/mol. The molecule has 0 atom stereocenters. The molecule has 0 amide bonds. The highest BCUT2D eigenvalue weighted by Crippen LogP contribution is 2.45. The predicted octanol–water partition coefficient (Wildman–Crippen LogP) is 29.3.